The van der Waals surface area contributed by atoms with Gasteiger partial charge in [-0.15, -0.1) is 0 Å². The number of hydrogen-bond donors (Lipinski definition) is 4. The lowest BCUT2D eigenvalue weighted by Crippen LogP contribution is -2.57. The summed E-state index contributed by atoms with van der Waals surface area (Å²) in [5.74, 6) is -0.758. The van der Waals surface area contributed by atoms with Crippen LogP contribution in [0.4, 0.5) is 0 Å². The van der Waals surface area contributed by atoms with E-state index in [4.69, 9.17) is 47.6 Å². The summed E-state index contributed by atoms with van der Waals surface area (Å²) in [4.78, 5) is 24.9. The Hall–Kier alpha value is -2.26. The van der Waals surface area contributed by atoms with Crippen molar-refractivity contribution in [2.24, 2.45) is 0 Å². The van der Waals surface area contributed by atoms with E-state index in [1.165, 1.54) is 0 Å². The molecule has 4 N–H and O–H groups in total. The van der Waals surface area contributed by atoms with Crippen LogP contribution in [0.1, 0.15) is 46.4 Å². The first-order chi connectivity index (χ1) is 15.3. The van der Waals surface area contributed by atoms with Crippen LogP contribution >= 0.6 is 47.6 Å². The van der Waals surface area contributed by atoms with Crippen molar-refractivity contribution in [1.29, 1.82) is 0 Å². The maximum atomic E-state index is 12.4. The normalized spacial score (nSPS) is 17.7. The highest BCUT2D eigenvalue weighted by Crippen LogP contribution is 2.19. The van der Waals surface area contributed by atoms with Crippen LogP contribution in [0, 0.1) is 0 Å². The van der Waals surface area contributed by atoms with Gasteiger partial charge in [-0.05, 0) is 61.5 Å². The maximum Gasteiger partial charge on any atom is 0.258 e. The Bertz CT molecular complexity index is 953. The smallest absolute Gasteiger partial charge is 0.258 e. The number of halogens is 2. The SMILES string of the molecule is O=C(NC(=S)NC1CCCCC1NC(=S)NC(=O)c1ccccc1Cl)c1ccccc1Cl. The molecule has 2 atom stereocenters. The topological polar surface area (TPSA) is 82.3 Å². The molecule has 2 unspecified atom stereocenters. The number of amides is 2. The fourth-order valence-corrected chi connectivity index (χ4v) is 4.45. The summed E-state index contributed by atoms with van der Waals surface area (Å²) in [6.45, 7) is 0. The third-order valence-corrected chi connectivity index (χ3v) is 6.19. The fraction of sp³-hybridized carbons (Fsp3) is 0.273. The lowest BCUT2D eigenvalue weighted by molar-refractivity contribution is 0.0967. The highest BCUT2D eigenvalue weighted by atomic mass is 35.5. The zero-order chi connectivity index (χ0) is 23.1. The number of carbonyl (C=O) groups excluding carboxylic acids is 2. The first-order valence-corrected chi connectivity index (χ1v) is 11.6. The van der Waals surface area contributed by atoms with Crippen molar-refractivity contribution < 1.29 is 9.59 Å². The van der Waals surface area contributed by atoms with E-state index in [2.05, 4.69) is 21.3 Å². The number of hydrogen-bond acceptors (Lipinski definition) is 4. The predicted octanol–water partition coefficient (Wildman–Crippen LogP) is 4.21. The second-order valence-corrected chi connectivity index (χ2v) is 8.94. The summed E-state index contributed by atoms with van der Waals surface area (Å²) in [6.07, 6.45) is 3.69. The Morgan fingerprint density at radius 3 is 1.47 bits per heavy atom. The molecule has 1 aliphatic carbocycles. The molecule has 32 heavy (non-hydrogen) atoms. The summed E-state index contributed by atoms with van der Waals surface area (Å²) in [6, 6.07) is 13.4. The summed E-state index contributed by atoms with van der Waals surface area (Å²) in [5, 5.41) is 12.8. The molecule has 6 nitrogen and oxygen atoms in total. The Balaban J connectivity index is 1.56. The number of carbonyl (C=O) groups is 2. The number of rotatable bonds is 4. The van der Waals surface area contributed by atoms with Crippen molar-refractivity contribution in [1.82, 2.24) is 21.3 Å². The van der Waals surface area contributed by atoms with Gasteiger partial charge in [0.1, 0.15) is 0 Å². The molecule has 3 rings (SSSR count). The number of nitrogens with one attached hydrogen (secondary N) is 4. The van der Waals surface area contributed by atoms with Gasteiger partial charge in [0.25, 0.3) is 11.8 Å². The van der Waals surface area contributed by atoms with E-state index in [-0.39, 0.29) is 34.1 Å². The van der Waals surface area contributed by atoms with Crippen LogP contribution in [-0.2, 0) is 0 Å². The van der Waals surface area contributed by atoms with Gasteiger partial charge < -0.3 is 10.6 Å². The quantitative estimate of drug-likeness (QED) is 0.463. The molecule has 0 aromatic heterocycles. The molecule has 0 aliphatic heterocycles. The molecule has 10 heteroatoms. The van der Waals surface area contributed by atoms with Crippen LogP contribution in [0.15, 0.2) is 48.5 Å². The maximum absolute atomic E-state index is 12.4. The zero-order valence-corrected chi connectivity index (χ0v) is 20.1. The minimum Gasteiger partial charge on any atom is -0.358 e. The Kier molecular flexibility index (Phi) is 8.81. The third kappa shape index (κ3) is 6.62. The van der Waals surface area contributed by atoms with Crippen molar-refractivity contribution >= 4 is 69.7 Å². The number of benzene rings is 2. The lowest BCUT2D eigenvalue weighted by atomic mass is 9.90. The van der Waals surface area contributed by atoms with Crippen molar-refractivity contribution in [3.8, 4) is 0 Å². The summed E-state index contributed by atoms with van der Waals surface area (Å²) >= 11 is 22.8. The van der Waals surface area contributed by atoms with Gasteiger partial charge in [0.15, 0.2) is 10.2 Å². The van der Waals surface area contributed by atoms with Crippen LogP contribution in [-0.4, -0.2) is 34.1 Å². The average Bonchev–Trinajstić information content (AvgIpc) is 2.75. The van der Waals surface area contributed by atoms with E-state index in [1.807, 2.05) is 0 Å². The molecule has 0 radical (unpaired) electrons. The average molecular weight is 509 g/mol. The molecule has 2 amide bonds. The molecule has 0 saturated heterocycles. The Morgan fingerprint density at radius 1 is 0.719 bits per heavy atom. The van der Waals surface area contributed by atoms with E-state index >= 15 is 0 Å². The summed E-state index contributed by atoms with van der Waals surface area (Å²) in [7, 11) is 0. The molecule has 2 aromatic rings. The second-order valence-electron chi connectivity index (χ2n) is 7.31. The first kappa shape index (κ1) is 24.4. The highest BCUT2D eigenvalue weighted by Gasteiger charge is 2.27. The van der Waals surface area contributed by atoms with Gasteiger partial charge in [-0.2, -0.15) is 0 Å². The molecule has 1 saturated carbocycles. The molecule has 168 valence electrons. The summed E-state index contributed by atoms with van der Waals surface area (Å²) in [5.41, 5.74) is 0.695. The monoisotopic (exact) mass is 508 g/mol. The van der Waals surface area contributed by atoms with Gasteiger partial charge in [-0.3, -0.25) is 20.2 Å². The van der Waals surface area contributed by atoms with Crippen LogP contribution < -0.4 is 21.3 Å². The first-order valence-electron chi connectivity index (χ1n) is 10.1. The van der Waals surface area contributed by atoms with Crippen molar-refractivity contribution in [3.05, 3.63) is 69.7 Å². The molecule has 0 spiro atoms. The molecule has 0 heterocycles. The van der Waals surface area contributed by atoms with E-state index in [1.54, 1.807) is 48.5 Å². The van der Waals surface area contributed by atoms with Crippen LogP contribution in [0.25, 0.3) is 0 Å². The minimum absolute atomic E-state index is 0.0713. The second kappa shape index (κ2) is 11.6. The third-order valence-electron chi connectivity index (χ3n) is 5.09. The Morgan fingerprint density at radius 2 is 1.09 bits per heavy atom. The van der Waals surface area contributed by atoms with Crippen LogP contribution in [0.2, 0.25) is 10.0 Å². The highest BCUT2D eigenvalue weighted by molar-refractivity contribution is 7.80. The fourth-order valence-electron chi connectivity index (χ4n) is 3.52. The minimum atomic E-state index is -0.379. The van der Waals surface area contributed by atoms with Gasteiger partial charge in [0, 0.05) is 12.1 Å². The zero-order valence-electron chi connectivity index (χ0n) is 17.0. The lowest BCUT2D eigenvalue weighted by Gasteiger charge is -2.34. The molecular weight excluding hydrogens is 487 g/mol. The van der Waals surface area contributed by atoms with Crippen molar-refractivity contribution in [2.45, 2.75) is 37.8 Å². The van der Waals surface area contributed by atoms with Gasteiger partial charge in [0.2, 0.25) is 0 Å². The summed E-state index contributed by atoms with van der Waals surface area (Å²) < 4.78 is 0. The molecular formula is C22H22Cl2N4O2S2. The number of thiocarbonyl (C=S) groups is 2. The van der Waals surface area contributed by atoms with Crippen molar-refractivity contribution in [2.75, 3.05) is 0 Å². The molecule has 1 fully saturated rings. The van der Waals surface area contributed by atoms with E-state index < -0.39 is 0 Å². The largest absolute Gasteiger partial charge is 0.358 e. The van der Waals surface area contributed by atoms with Gasteiger partial charge >= 0.3 is 0 Å². The molecule has 2 aromatic carbocycles. The van der Waals surface area contributed by atoms with Gasteiger partial charge in [-0.25, -0.2) is 0 Å². The Labute approximate surface area is 207 Å². The van der Waals surface area contributed by atoms with E-state index in [9.17, 15) is 9.59 Å². The van der Waals surface area contributed by atoms with Crippen LogP contribution in [0.3, 0.4) is 0 Å². The van der Waals surface area contributed by atoms with Gasteiger partial charge in [0.05, 0.1) is 21.2 Å². The molecule has 1 aliphatic rings. The van der Waals surface area contributed by atoms with E-state index in [0.717, 1.165) is 25.7 Å². The molecule has 0 bridgehead atoms. The predicted molar refractivity (Wildman–Crippen MR) is 135 cm³/mol. The van der Waals surface area contributed by atoms with Crippen molar-refractivity contribution in [3.63, 3.8) is 0 Å². The standard InChI is InChI=1S/C22H22Cl2N4O2S2/c23-15-9-3-1-7-13(15)19(29)27-21(31)25-17-11-5-6-12-18(17)26-22(32)28-20(30)14-8-2-4-10-16(14)24/h1-4,7-10,17-18H,5-6,11-12H2,(H2,25,27,29,31)(H2,26,28,30,32). The van der Waals surface area contributed by atoms with Gasteiger partial charge in [-0.1, -0.05) is 60.3 Å². The van der Waals surface area contributed by atoms with Crippen LogP contribution in [0.5, 0.6) is 0 Å². The van der Waals surface area contributed by atoms with E-state index in [0.29, 0.717) is 21.2 Å².